The molecule has 6 heteroatoms. The average Bonchev–Trinajstić information content (AvgIpc) is 3.11. The zero-order valence-corrected chi connectivity index (χ0v) is 13.5. The first-order chi connectivity index (χ1) is 12.3. The molecule has 0 bridgehead atoms. The highest BCUT2D eigenvalue weighted by Gasteiger charge is 2.11. The summed E-state index contributed by atoms with van der Waals surface area (Å²) in [5, 5.41) is 2.50. The van der Waals surface area contributed by atoms with Gasteiger partial charge in [-0.3, -0.25) is 9.97 Å². The van der Waals surface area contributed by atoms with Gasteiger partial charge in [-0.25, -0.2) is 4.98 Å². The normalized spacial score (nSPS) is 10.6. The quantitative estimate of drug-likeness (QED) is 0.457. The number of H-pyrrole nitrogens is 1. The third-order valence-corrected chi connectivity index (χ3v) is 4.07. The molecule has 1 aromatic carbocycles. The number of rotatable bonds is 3. The van der Waals surface area contributed by atoms with E-state index in [-0.39, 0.29) is 0 Å². The van der Waals surface area contributed by atoms with Gasteiger partial charge < -0.3 is 4.98 Å². The summed E-state index contributed by atoms with van der Waals surface area (Å²) in [5.74, 6) is 0. The number of aromatic amines is 1. The van der Waals surface area contributed by atoms with Crippen LogP contribution in [0.4, 0.5) is 5.69 Å². The molecule has 3 aromatic heterocycles. The molecule has 0 spiro atoms. The monoisotopic (exact) mass is 326 g/mol. The molecule has 4 aromatic rings. The first-order valence-corrected chi connectivity index (χ1v) is 7.71. The number of hydrogen-bond acceptors (Lipinski definition) is 4. The second-order valence-corrected chi connectivity index (χ2v) is 5.59. The molecule has 0 amide bonds. The zero-order valence-electron chi connectivity index (χ0n) is 13.5. The van der Waals surface area contributed by atoms with Crippen molar-refractivity contribution in [3.63, 3.8) is 0 Å². The molecule has 0 aliphatic heterocycles. The van der Waals surface area contributed by atoms with E-state index in [9.17, 15) is 0 Å². The fourth-order valence-corrected chi connectivity index (χ4v) is 2.76. The smallest absolute Gasteiger partial charge is 0.137 e. The third kappa shape index (κ3) is 2.68. The van der Waals surface area contributed by atoms with Crippen molar-refractivity contribution < 1.29 is 0 Å². The van der Waals surface area contributed by atoms with Crippen LogP contribution in [0.25, 0.3) is 38.4 Å². The lowest BCUT2D eigenvalue weighted by Gasteiger charge is -2.07. The van der Waals surface area contributed by atoms with Gasteiger partial charge in [-0.05, 0) is 23.8 Å². The molecule has 0 aliphatic rings. The fraction of sp³-hybridized carbons (Fsp3) is 0.0526. The summed E-state index contributed by atoms with van der Waals surface area (Å²) in [6.45, 7) is 7.15. The van der Waals surface area contributed by atoms with Crippen LogP contribution in [0, 0.1) is 6.57 Å². The Morgan fingerprint density at radius 3 is 2.80 bits per heavy atom. The Morgan fingerprint density at radius 1 is 1.08 bits per heavy atom. The lowest BCUT2D eigenvalue weighted by Crippen LogP contribution is -2.04. The van der Waals surface area contributed by atoms with Crippen molar-refractivity contribution >= 4 is 16.7 Å². The lowest BCUT2D eigenvalue weighted by atomic mass is 10.0. The summed E-state index contributed by atoms with van der Waals surface area (Å²) < 4.78 is 0. The van der Waals surface area contributed by atoms with Crippen LogP contribution in [0.5, 0.6) is 0 Å². The third-order valence-electron chi connectivity index (χ3n) is 4.07. The predicted molar refractivity (Wildman–Crippen MR) is 97.6 cm³/mol. The molecule has 25 heavy (non-hydrogen) atoms. The van der Waals surface area contributed by atoms with E-state index in [1.54, 1.807) is 25.6 Å². The van der Waals surface area contributed by atoms with Crippen LogP contribution in [0.15, 0.2) is 61.3 Å². The van der Waals surface area contributed by atoms with Crippen LogP contribution in [-0.4, -0.2) is 27.0 Å². The number of anilines is 1. The SMILES string of the molecule is [C-]#[N+]N(C)c1cccc(-c2cnc3[nH]cc(-c4cnccn4)c3c2)c1. The highest BCUT2D eigenvalue weighted by molar-refractivity contribution is 5.94. The van der Waals surface area contributed by atoms with Crippen molar-refractivity contribution in [2.45, 2.75) is 0 Å². The van der Waals surface area contributed by atoms with Crippen molar-refractivity contribution in [2.75, 3.05) is 12.1 Å². The molecule has 0 saturated heterocycles. The van der Waals surface area contributed by atoms with Crippen LogP contribution in [0.3, 0.4) is 0 Å². The van der Waals surface area contributed by atoms with E-state index in [0.29, 0.717) is 0 Å². The van der Waals surface area contributed by atoms with Gasteiger partial charge in [-0.15, -0.1) is 0 Å². The van der Waals surface area contributed by atoms with Gasteiger partial charge in [0.1, 0.15) is 11.3 Å². The van der Waals surface area contributed by atoms with Crippen molar-refractivity contribution in [3.05, 3.63) is 72.8 Å². The van der Waals surface area contributed by atoms with E-state index < -0.39 is 0 Å². The molecular weight excluding hydrogens is 312 g/mol. The van der Waals surface area contributed by atoms with E-state index in [0.717, 1.165) is 39.1 Å². The van der Waals surface area contributed by atoms with Crippen LogP contribution < -0.4 is 5.01 Å². The molecule has 0 fully saturated rings. The molecular formula is C19H14N6. The van der Waals surface area contributed by atoms with Gasteiger partial charge in [0, 0.05) is 41.3 Å². The Bertz CT molecular complexity index is 1080. The Labute approximate surface area is 144 Å². The molecule has 3 heterocycles. The number of hydrogen-bond donors (Lipinski definition) is 1. The number of pyridine rings is 1. The minimum atomic E-state index is 0.800. The number of benzene rings is 1. The Morgan fingerprint density at radius 2 is 2.00 bits per heavy atom. The molecule has 6 nitrogen and oxygen atoms in total. The van der Waals surface area contributed by atoms with Crippen LogP contribution in [-0.2, 0) is 0 Å². The van der Waals surface area contributed by atoms with Gasteiger partial charge in [0.15, 0.2) is 0 Å². The van der Waals surface area contributed by atoms with Crippen LogP contribution in [0.1, 0.15) is 0 Å². The highest BCUT2D eigenvalue weighted by atomic mass is 15.4. The van der Waals surface area contributed by atoms with Crippen molar-refractivity contribution in [3.8, 4) is 22.4 Å². The van der Waals surface area contributed by atoms with Crippen molar-refractivity contribution in [1.29, 1.82) is 0 Å². The lowest BCUT2D eigenvalue weighted by molar-refractivity contribution is 1.20. The second kappa shape index (κ2) is 6.06. The minimum Gasteiger partial charge on any atom is -0.345 e. The number of fused-ring (bicyclic) bond motifs is 1. The van der Waals surface area contributed by atoms with E-state index in [1.165, 1.54) is 5.01 Å². The molecule has 1 N–H and O–H groups in total. The van der Waals surface area contributed by atoms with Crippen LogP contribution in [0.2, 0.25) is 0 Å². The molecule has 0 radical (unpaired) electrons. The van der Waals surface area contributed by atoms with E-state index in [4.69, 9.17) is 6.57 Å². The topological polar surface area (TPSA) is 62.1 Å². The molecule has 0 aliphatic carbocycles. The Hall–Kier alpha value is -3.72. The predicted octanol–water partition coefficient (Wildman–Crippen LogP) is 3.96. The number of aromatic nitrogens is 4. The van der Waals surface area contributed by atoms with Gasteiger partial charge in [0.25, 0.3) is 0 Å². The van der Waals surface area contributed by atoms with Gasteiger partial charge in [0.05, 0.1) is 18.9 Å². The Kier molecular flexibility index (Phi) is 3.60. The summed E-state index contributed by atoms with van der Waals surface area (Å²) in [4.78, 5) is 19.6. The van der Waals surface area contributed by atoms with Gasteiger partial charge in [0.2, 0.25) is 0 Å². The largest absolute Gasteiger partial charge is 0.345 e. The summed E-state index contributed by atoms with van der Waals surface area (Å²) in [6.07, 6.45) is 8.79. The fourth-order valence-electron chi connectivity index (χ4n) is 2.76. The van der Waals surface area contributed by atoms with Gasteiger partial charge in [-0.1, -0.05) is 17.1 Å². The van der Waals surface area contributed by atoms with Crippen molar-refractivity contribution in [2.24, 2.45) is 0 Å². The maximum atomic E-state index is 7.15. The van der Waals surface area contributed by atoms with E-state index in [1.807, 2.05) is 36.7 Å². The summed E-state index contributed by atoms with van der Waals surface area (Å²) in [7, 11) is 1.74. The minimum absolute atomic E-state index is 0.800. The van der Waals surface area contributed by atoms with E-state index >= 15 is 0 Å². The molecule has 4 rings (SSSR count). The molecule has 0 unspecified atom stereocenters. The zero-order chi connectivity index (χ0) is 17.2. The molecule has 0 saturated carbocycles. The van der Waals surface area contributed by atoms with Gasteiger partial charge in [-0.2, -0.15) is 11.5 Å². The first kappa shape index (κ1) is 14.8. The molecule has 120 valence electrons. The second-order valence-electron chi connectivity index (χ2n) is 5.59. The number of nitrogens with zero attached hydrogens (tertiary/aromatic N) is 5. The van der Waals surface area contributed by atoms with Crippen molar-refractivity contribution in [1.82, 2.24) is 19.9 Å². The summed E-state index contributed by atoms with van der Waals surface area (Å²) in [6, 6.07) is 9.93. The maximum Gasteiger partial charge on any atom is 0.137 e. The first-order valence-electron chi connectivity index (χ1n) is 7.71. The highest BCUT2D eigenvalue weighted by Crippen LogP contribution is 2.30. The summed E-state index contributed by atoms with van der Waals surface area (Å²) >= 11 is 0. The number of nitrogens with one attached hydrogen (secondary N) is 1. The average molecular weight is 326 g/mol. The van der Waals surface area contributed by atoms with E-state index in [2.05, 4.69) is 31.0 Å². The standard InChI is InChI=1S/C19H14N6/c1-20-25(2)15-5-3-4-13(8-15)14-9-16-17(11-24-19(16)23-10-14)18-12-21-6-7-22-18/h3-12H,2H3,(H,23,24). The maximum absolute atomic E-state index is 7.15. The Balaban J connectivity index is 1.83. The van der Waals surface area contributed by atoms with Crippen LogP contribution >= 0.6 is 0 Å². The summed E-state index contributed by atoms with van der Waals surface area (Å²) in [5.41, 5.74) is 5.40. The van der Waals surface area contributed by atoms with Gasteiger partial charge >= 0.3 is 0 Å². The molecule has 0 atom stereocenters.